The fourth-order valence-electron chi connectivity index (χ4n) is 19.8. The molecule has 0 bridgehead atoms. The number of fused-ring (bicyclic) bond motifs is 10. The number of rotatable bonds is 17. The van der Waals surface area contributed by atoms with Crippen LogP contribution < -0.4 is 9.80 Å². The summed E-state index contributed by atoms with van der Waals surface area (Å²) in [5, 5.41) is 13.8. The van der Waals surface area contributed by atoms with E-state index in [1.807, 2.05) is 22.7 Å². The molecule has 128 heavy (non-hydrogen) atoms. The van der Waals surface area contributed by atoms with E-state index >= 15 is 0 Å². The van der Waals surface area contributed by atoms with Gasteiger partial charge in [-0.2, -0.15) is 0 Å². The molecule has 600 valence electrons. The lowest BCUT2D eigenvalue weighted by Crippen LogP contribution is -2.11. The Balaban J connectivity index is 0.537. The van der Waals surface area contributed by atoms with Crippen LogP contribution in [-0.4, -0.2) is 0 Å². The van der Waals surface area contributed by atoms with Gasteiger partial charge in [0.05, 0.1) is 11.4 Å². The lowest BCUT2D eigenvalue weighted by Gasteiger charge is -2.28. The molecule has 0 aliphatic heterocycles. The van der Waals surface area contributed by atoms with Crippen LogP contribution in [0.15, 0.2) is 467 Å². The second-order valence-electron chi connectivity index (χ2n) is 33.6. The van der Waals surface area contributed by atoms with Crippen molar-refractivity contribution in [3.05, 3.63) is 478 Å². The third kappa shape index (κ3) is 13.8. The quantitative estimate of drug-likeness (QED) is 0.0896. The van der Waals surface area contributed by atoms with Gasteiger partial charge in [-0.15, -0.1) is 22.7 Å². The summed E-state index contributed by atoms with van der Waals surface area (Å²) in [6, 6.07) is 171. The minimum absolute atomic E-state index is 1.07. The smallest absolute Gasteiger partial charge is 0.0540 e. The van der Waals surface area contributed by atoms with Crippen molar-refractivity contribution in [1.82, 2.24) is 0 Å². The van der Waals surface area contributed by atoms with Crippen LogP contribution in [0.5, 0.6) is 0 Å². The first-order chi connectivity index (χ1) is 63.4. The number of para-hydroxylation sites is 2. The molecule has 2 aromatic heterocycles. The summed E-state index contributed by atoms with van der Waals surface area (Å²) in [7, 11) is 0. The molecule has 1 aliphatic rings. The van der Waals surface area contributed by atoms with Crippen LogP contribution in [-0.2, 0) is 6.42 Å². The third-order valence-corrected chi connectivity index (χ3v) is 28.6. The molecule has 4 heteroatoms. The number of aryl methyl sites for hydroxylation is 1. The Morgan fingerprint density at radius 2 is 0.516 bits per heavy atom. The van der Waals surface area contributed by atoms with Crippen molar-refractivity contribution >= 4 is 136 Å². The van der Waals surface area contributed by atoms with Crippen molar-refractivity contribution in [2.75, 3.05) is 9.80 Å². The Morgan fingerprint density at radius 1 is 0.188 bits per heavy atom. The van der Waals surface area contributed by atoms with Gasteiger partial charge in [-0.1, -0.05) is 382 Å². The van der Waals surface area contributed by atoms with Crippen molar-refractivity contribution in [1.29, 1.82) is 0 Å². The predicted octanol–water partition coefficient (Wildman–Crippen LogP) is 36.1. The Hall–Kier alpha value is -15.8. The van der Waals surface area contributed by atoms with E-state index in [-0.39, 0.29) is 0 Å². The van der Waals surface area contributed by atoms with E-state index in [4.69, 9.17) is 0 Å². The molecular formula is C124H82N2S2. The van der Waals surface area contributed by atoms with Gasteiger partial charge in [-0.25, -0.2) is 0 Å². The summed E-state index contributed by atoms with van der Waals surface area (Å²) in [6.07, 6.45) is 6.87. The summed E-state index contributed by atoms with van der Waals surface area (Å²) in [5.41, 5.74) is 34.1. The van der Waals surface area contributed by atoms with Crippen LogP contribution >= 0.6 is 22.7 Å². The lowest BCUT2D eigenvalue weighted by molar-refractivity contribution is 1.02. The van der Waals surface area contributed by atoms with Crippen LogP contribution in [0.3, 0.4) is 0 Å². The monoisotopic (exact) mass is 1660 g/mol. The molecule has 0 saturated heterocycles. The van der Waals surface area contributed by atoms with E-state index in [9.17, 15) is 0 Å². The number of anilines is 6. The summed E-state index contributed by atoms with van der Waals surface area (Å²) in [5.74, 6) is 0. The topological polar surface area (TPSA) is 6.48 Å². The van der Waals surface area contributed by atoms with E-state index < -0.39 is 0 Å². The van der Waals surface area contributed by atoms with Gasteiger partial charge >= 0.3 is 0 Å². The zero-order valence-corrected chi connectivity index (χ0v) is 71.8. The fraction of sp³-hybridized carbons (Fsp3) is 0.0161. The molecule has 0 fully saturated rings. The molecule has 0 amide bonds. The first-order valence-electron chi connectivity index (χ1n) is 44.2. The SMILES string of the molecule is C1=Cc2c(sc3cccc(-c4ccccc4N(c4ccc(-c5ccc(-c6cccc7ccccc67)cc5)cc4)c4ccc(-c5ccc(-c6cccc7cc(-c8ccc9sc%10cccc(-c%11ccccc%11N(c%11ccc(-c%12ccc(-c%13cccc%14ccccc%13%14)cc%12)cc%11)c%11cccc(-c%12ccc(-c%13cccc%14ccccc%13%14)cc%12)c%11)c%10c9c8)ccc67)cc5)cc4)c23)CC1. The van der Waals surface area contributed by atoms with Gasteiger partial charge in [0.2, 0.25) is 0 Å². The predicted molar refractivity (Wildman–Crippen MR) is 551 cm³/mol. The summed E-state index contributed by atoms with van der Waals surface area (Å²) < 4.78 is 3.85. The van der Waals surface area contributed by atoms with E-state index in [1.165, 1.54) is 173 Å². The number of allylic oxidation sites excluding steroid dienone is 1. The van der Waals surface area contributed by atoms with E-state index in [0.717, 1.165) is 80.3 Å². The molecule has 21 aromatic carbocycles. The Morgan fingerprint density at radius 3 is 1.00 bits per heavy atom. The minimum Gasteiger partial charge on any atom is -0.310 e. The van der Waals surface area contributed by atoms with Crippen molar-refractivity contribution in [2.45, 2.75) is 12.8 Å². The maximum absolute atomic E-state index is 2.46. The normalized spacial score (nSPS) is 12.0. The number of hydrogen-bond donors (Lipinski definition) is 0. The third-order valence-electron chi connectivity index (χ3n) is 26.2. The van der Waals surface area contributed by atoms with E-state index in [0.29, 0.717) is 0 Å². The molecule has 0 spiro atoms. The highest BCUT2D eigenvalue weighted by Crippen LogP contribution is 2.51. The number of benzene rings is 21. The molecule has 0 N–H and O–H groups in total. The Labute approximate surface area is 753 Å². The van der Waals surface area contributed by atoms with Gasteiger partial charge < -0.3 is 9.80 Å². The Kier molecular flexibility index (Phi) is 19.2. The first kappa shape index (κ1) is 75.9. The maximum atomic E-state index is 2.46. The highest BCUT2D eigenvalue weighted by Gasteiger charge is 2.26. The van der Waals surface area contributed by atoms with Gasteiger partial charge in [-0.3, -0.25) is 0 Å². The maximum Gasteiger partial charge on any atom is 0.0540 e. The molecule has 2 nitrogen and oxygen atoms in total. The number of thiophene rings is 2. The Bertz CT molecular complexity index is 8240. The average Bonchev–Trinajstić information content (AvgIpc) is 1.62. The molecule has 0 unspecified atom stereocenters. The fourth-order valence-corrected chi connectivity index (χ4v) is 22.2. The summed E-state index contributed by atoms with van der Waals surface area (Å²) in [4.78, 5) is 6.39. The molecule has 0 saturated carbocycles. The van der Waals surface area contributed by atoms with Gasteiger partial charge in [0.25, 0.3) is 0 Å². The van der Waals surface area contributed by atoms with Crippen LogP contribution in [0.4, 0.5) is 34.1 Å². The molecule has 0 radical (unpaired) electrons. The molecular weight excluding hydrogens is 1580 g/mol. The zero-order chi connectivity index (χ0) is 84.5. The van der Waals surface area contributed by atoms with Crippen molar-refractivity contribution < 1.29 is 0 Å². The molecule has 1 aliphatic carbocycles. The minimum atomic E-state index is 1.07. The largest absolute Gasteiger partial charge is 0.310 e. The number of hydrogen-bond acceptors (Lipinski definition) is 4. The van der Waals surface area contributed by atoms with Crippen molar-refractivity contribution in [3.63, 3.8) is 0 Å². The standard InChI is InChI=1S/C124H82N2S2/c1-4-29-103-88(20-1)23-14-35-106(103)91-54-46-81(47-55-91)84-62-70-99(71-63-84)125(117-41-10-7-32-111(117)113-39-18-44-121-123(113)115-34-9-12-43-119(115)127-121)100-72-64-85(65-73-100)83-50-58-94(59-51-83)109-38-17-27-98-78-96(68-76-110(98)109)97-69-77-120-116(80-97)124-114(40-19-45-122(124)128-120)112-33-8-11-42-118(112)126(101-74-66-86(67-75-101)82-48-56-92(57-49-82)107-36-15-24-89-21-2-5-30-104(89)107)102-28-13-26-95(79-102)87-52-60-93(61-53-87)108-37-16-25-90-22-3-6-31-105(90)108/h1-11,13-42,44-80H,12,43H2. The van der Waals surface area contributed by atoms with Crippen LogP contribution in [0, 0.1) is 0 Å². The molecule has 24 rings (SSSR count). The van der Waals surface area contributed by atoms with Crippen LogP contribution in [0.25, 0.3) is 202 Å². The van der Waals surface area contributed by atoms with Crippen molar-refractivity contribution in [2.24, 2.45) is 0 Å². The zero-order valence-electron chi connectivity index (χ0n) is 70.2. The van der Waals surface area contributed by atoms with Crippen molar-refractivity contribution in [3.8, 4) is 122 Å². The van der Waals surface area contributed by atoms with E-state index in [1.54, 1.807) is 0 Å². The molecule has 23 aromatic rings. The summed E-state index contributed by atoms with van der Waals surface area (Å²) in [6.45, 7) is 0. The van der Waals surface area contributed by atoms with Gasteiger partial charge in [0, 0.05) is 69.0 Å². The van der Waals surface area contributed by atoms with Gasteiger partial charge in [-0.05, 0) is 264 Å². The van der Waals surface area contributed by atoms with E-state index in [2.05, 4.69) is 483 Å². The average molecular weight is 1660 g/mol. The second-order valence-corrected chi connectivity index (χ2v) is 35.8. The molecule has 0 atom stereocenters. The summed E-state index contributed by atoms with van der Waals surface area (Å²) >= 11 is 3.81. The van der Waals surface area contributed by atoms with Gasteiger partial charge in [0.15, 0.2) is 0 Å². The van der Waals surface area contributed by atoms with Crippen LogP contribution in [0.1, 0.15) is 16.9 Å². The van der Waals surface area contributed by atoms with Gasteiger partial charge in [0.1, 0.15) is 0 Å². The number of nitrogens with zero attached hydrogens (tertiary/aromatic N) is 2. The van der Waals surface area contributed by atoms with Crippen LogP contribution in [0.2, 0.25) is 0 Å². The second kappa shape index (κ2) is 32.4. The molecule has 2 heterocycles. The lowest BCUT2D eigenvalue weighted by atomic mass is 9.93. The highest BCUT2D eigenvalue weighted by atomic mass is 32.1. The first-order valence-corrected chi connectivity index (χ1v) is 45.8. The highest BCUT2D eigenvalue weighted by molar-refractivity contribution is 7.26.